The number of hydrogen-bond acceptors (Lipinski definition) is 3. The number of pyridine rings is 1. The summed E-state index contributed by atoms with van der Waals surface area (Å²) >= 11 is 0. The first-order valence-corrected chi connectivity index (χ1v) is 5.29. The molecular formula is C12H15N3O. The van der Waals surface area contributed by atoms with Crippen LogP contribution in [0.3, 0.4) is 0 Å². The molecule has 2 rings (SSSR count). The molecule has 1 aromatic heterocycles. The molecule has 1 aliphatic heterocycles. The van der Waals surface area contributed by atoms with Crippen molar-refractivity contribution in [3.63, 3.8) is 0 Å². The molecule has 0 spiro atoms. The first-order valence-electron chi connectivity index (χ1n) is 5.79. The zero-order valence-electron chi connectivity index (χ0n) is 10.0. The smallest absolute Gasteiger partial charge is 0.228 e. The summed E-state index contributed by atoms with van der Waals surface area (Å²) in [5, 5.41) is 2.62. The Morgan fingerprint density at radius 3 is 3.38 bits per heavy atom. The molecule has 0 aliphatic carbocycles. The lowest BCUT2D eigenvalue weighted by atomic mass is 10.1. The summed E-state index contributed by atoms with van der Waals surface area (Å²) in [7, 11) is 0. The minimum absolute atomic E-state index is 0.00882. The Morgan fingerprint density at radius 1 is 1.81 bits per heavy atom. The standard InChI is InChI=1S/C12H15N3O/c1-2-13-12(16)10-6-8-15(9-10)11-5-3-4-7-14-11/h2-5,7,10H,1,6,8-9H2,(H,13,16)/i4T. The van der Waals surface area contributed by atoms with Crippen LogP contribution in [0.15, 0.2) is 37.2 Å². The first-order chi connectivity index (χ1) is 8.20. The van der Waals surface area contributed by atoms with Gasteiger partial charge in [-0.1, -0.05) is 12.6 Å². The molecule has 1 fully saturated rings. The zero-order valence-corrected chi connectivity index (χ0v) is 9.02. The van der Waals surface area contributed by atoms with Crippen molar-refractivity contribution in [2.24, 2.45) is 5.92 Å². The van der Waals surface area contributed by atoms with E-state index in [-0.39, 0.29) is 11.8 Å². The van der Waals surface area contributed by atoms with E-state index in [9.17, 15) is 4.79 Å². The Balaban J connectivity index is 2.00. The van der Waals surface area contributed by atoms with Gasteiger partial charge in [0.2, 0.25) is 5.91 Å². The largest absolute Gasteiger partial charge is 0.356 e. The Morgan fingerprint density at radius 2 is 2.69 bits per heavy atom. The number of aromatic nitrogens is 1. The van der Waals surface area contributed by atoms with Gasteiger partial charge in [0.15, 0.2) is 0 Å². The second kappa shape index (κ2) is 4.79. The Bertz CT molecular complexity index is 418. The van der Waals surface area contributed by atoms with E-state index < -0.39 is 0 Å². The highest BCUT2D eigenvalue weighted by atomic mass is 16.1. The maximum absolute atomic E-state index is 11.6. The third-order valence-corrected chi connectivity index (χ3v) is 2.73. The third kappa shape index (κ3) is 2.21. The van der Waals surface area contributed by atoms with Crippen molar-refractivity contribution >= 4 is 11.7 Å². The molecule has 1 unspecified atom stereocenters. The molecule has 0 bridgehead atoms. The fourth-order valence-corrected chi connectivity index (χ4v) is 1.90. The molecule has 1 amide bonds. The van der Waals surface area contributed by atoms with E-state index in [1.54, 1.807) is 6.07 Å². The Hall–Kier alpha value is -1.84. The highest BCUT2D eigenvalue weighted by Gasteiger charge is 2.28. The van der Waals surface area contributed by atoms with Crippen molar-refractivity contribution in [2.45, 2.75) is 6.42 Å². The van der Waals surface area contributed by atoms with E-state index in [2.05, 4.69) is 21.8 Å². The molecule has 4 heteroatoms. The van der Waals surface area contributed by atoms with Crippen LogP contribution in [-0.2, 0) is 4.79 Å². The van der Waals surface area contributed by atoms with Crippen molar-refractivity contribution in [1.82, 2.24) is 10.3 Å². The van der Waals surface area contributed by atoms with E-state index in [1.807, 2.05) is 6.07 Å². The maximum Gasteiger partial charge on any atom is 0.228 e. The summed E-state index contributed by atoms with van der Waals surface area (Å²) < 4.78 is 7.37. The minimum atomic E-state index is -0.00882. The van der Waals surface area contributed by atoms with Crippen molar-refractivity contribution in [3.8, 4) is 0 Å². The average Bonchev–Trinajstić information content (AvgIpc) is 2.80. The molecular weight excluding hydrogens is 202 g/mol. The lowest BCUT2D eigenvalue weighted by Crippen LogP contribution is -2.29. The van der Waals surface area contributed by atoms with E-state index >= 15 is 0 Å². The molecule has 1 saturated heterocycles. The first kappa shape index (κ1) is 9.39. The third-order valence-electron chi connectivity index (χ3n) is 2.73. The van der Waals surface area contributed by atoms with Crippen LogP contribution in [0.2, 0.25) is 0 Å². The van der Waals surface area contributed by atoms with Crippen LogP contribution in [0.4, 0.5) is 5.82 Å². The number of carbonyl (C=O) groups excluding carboxylic acids is 1. The number of nitrogens with one attached hydrogen (secondary N) is 1. The fourth-order valence-electron chi connectivity index (χ4n) is 1.90. The number of rotatable bonds is 3. The van der Waals surface area contributed by atoms with Gasteiger partial charge in [-0.25, -0.2) is 4.98 Å². The van der Waals surface area contributed by atoms with Crippen molar-refractivity contribution < 1.29 is 6.17 Å². The molecule has 1 N–H and O–H groups in total. The van der Waals surface area contributed by atoms with Gasteiger partial charge in [0.1, 0.15) is 5.82 Å². The van der Waals surface area contributed by atoms with Gasteiger partial charge >= 0.3 is 0 Å². The summed E-state index contributed by atoms with van der Waals surface area (Å²) in [6, 6.07) is 3.92. The minimum Gasteiger partial charge on any atom is -0.356 e. The molecule has 1 atom stereocenters. The van der Waals surface area contributed by atoms with Crippen molar-refractivity contribution in [3.05, 3.63) is 37.2 Å². The molecule has 0 radical (unpaired) electrons. The average molecular weight is 219 g/mol. The van der Waals surface area contributed by atoms with E-state index in [4.69, 9.17) is 1.37 Å². The summed E-state index contributed by atoms with van der Waals surface area (Å²) in [6.07, 6.45) is 3.76. The van der Waals surface area contributed by atoms with Gasteiger partial charge in [-0.15, -0.1) is 0 Å². The Kier molecular flexibility index (Phi) is 2.81. The molecule has 1 aromatic rings. The topological polar surface area (TPSA) is 45.2 Å². The van der Waals surface area contributed by atoms with Gasteiger partial charge in [-0.3, -0.25) is 4.79 Å². The molecule has 4 nitrogen and oxygen atoms in total. The fraction of sp³-hybridized carbons (Fsp3) is 0.333. The van der Waals surface area contributed by atoms with E-state index in [1.165, 1.54) is 12.4 Å². The normalized spacial score (nSPS) is 20.4. The predicted molar refractivity (Wildman–Crippen MR) is 62.9 cm³/mol. The van der Waals surface area contributed by atoms with Gasteiger partial charge in [-0.2, -0.15) is 0 Å². The lowest BCUT2D eigenvalue weighted by Gasteiger charge is -2.16. The zero-order chi connectivity index (χ0) is 12.3. The number of hydrogen-bond donors (Lipinski definition) is 1. The molecule has 1 aliphatic rings. The van der Waals surface area contributed by atoms with Crippen LogP contribution in [0.25, 0.3) is 0 Å². The highest BCUT2D eigenvalue weighted by molar-refractivity contribution is 5.80. The molecule has 0 aromatic carbocycles. The molecule has 0 saturated carbocycles. The Labute approximate surface area is 96.4 Å². The molecule has 2 heterocycles. The molecule has 16 heavy (non-hydrogen) atoms. The van der Waals surface area contributed by atoms with Gasteiger partial charge in [0.05, 0.1) is 7.29 Å². The van der Waals surface area contributed by atoms with Crippen LogP contribution in [0.1, 0.15) is 7.79 Å². The summed E-state index contributed by atoms with van der Waals surface area (Å²) in [5.74, 6) is 0.833. The van der Waals surface area contributed by atoms with Crippen LogP contribution < -0.4 is 10.2 Å². The van der Waals surface area contributed by atoms with Crippen LogP contribution >= 0.6 is 0 Å². The van der Waals surface area contributed by atoms with E-state index in [0.717, 1.165) is 18.8 Å². The second-order valence-corrected chi connectivity index (χ2v) is 3.76. The monoisotopic (exact) mass is 219 g/mol. The number of carbonyl (C=O) groups is 1. The second-order valence-electron chi connectivity index (χ2n) is 3.76. The number of anilines is 1. The van der Waals surface area contributed by atoms with Gasteiger partial charge in [-0.05, 0) is 24.7 Å². The summed E-state index contributed by atoms with van der Waals surface area (Å²) in [4.78, 5) is 17.9. The van der Waals surface area contributed by atoms with Crippen LogP contribution in [0, 0.1) is 5.92 Å². The summed E-state index contributed by atoms with van der Waals surface area (Å²) in [6.45, 7) is 4.97. The van der Waals surface area contributed by atoms with Crippen molar-refractivity contribution in [1.29, 1.82) is 0 Å². The molecule has 84 valence electrons. The maximum atomic E-state index is 11.6. The van der Waals surface area contributed by atoms with Gasteiger partial charge in [0, 0.05) is 19.3 Å². The van der Waals surface area contributed by atoms with Crippen LogP contribution in [-0.4, -0.2) is 24.0 Å². The predicted octanol–water partition coefficient (Wildman–Crippen LogP) is 1.17. The summed E-state index contributed by atoms with van der Waals surface area (Å²) in [5.41, 5.74) is 0. The highest BCUT2D eigenvalue weighted by Crippen LogP contribution is 2.21. The van der Waals surface area contributed by atoms with Gasteiger partial charge in [0.25, 0.3) is 0 Å². The van der Waals surface area contributed by atoms with Gasteiger partial charge < -0.3 is 10.2 Å². The van der Waals surface area contributed by atoms with Crippen LogP contribution in [0.5, 0.6) is 0 Å². The number of nitrogens with zero attached hydrogens (tertiary/aromatic N) is 2. The van der Waals surface area contributed by atoms with E-state index in [0.29, 0.717) is 12.6 Å². The lowest BCUT2D eigenvalue weighted by molar-refractivity contribution is -0.123. The SMILES string of the molecule is [3H]c1ccc(N2CCC(C(=O)NC=C)C2)nc1. The quantitative estimate of drug-likeness (QED) is 0.830. The number of amides is 1. The van der Waals surface area contributed by atoms with Crippen molar-refractivity contribution in [2.75, 3.05) is 18.0 Å².